The summed E-state index contributed by atoms with van der Waals surface area (Å²) < 4.78 is 6.74. The topological polar surface area (TPSA) is 9.23 Å². The molecule has 2 unspecified atom stereocenters. The van der Waals surface area contributed by atoms with Crippen molar-refractivity contribution in [1.82, 2.24) is 0 Å². The average molecular weight is 308 g/mol. The van der Waals surface area contributed by atoms with Gasteiger partial charge >= 0.3 is 0 Å². The molecular formula is C20H24OSi. The van der Waals surface area contributed by atoms with Crippen molar-refractivity contribution < 1.29 is 4.43 Å². The lowest BCUT2D eigenvalue weighted by Crippen LogP contribution is -2.53. The predicted molar refractivity (Wildman–Crippen MR) is 96.5 cm³/mol. The fourth-order valence-corrected chi connectivity index (χ4v) is 8.89. The van der Waals surface area contributed by atoms with Crippen molar-refractivity contribution in [2.75, 3.05) is 0 Å². The molecule has 2 heteroatoms. The van der Waals surface area contributed by atoms with Crippen LogP contribution in [0, 0.1) is 0 Å². The summed E-state index contributed by atoms with van der Waals surface area (Å²) in [6.07, 6.45) is 2.51. The van der Waals surface area contributed by atoms with E-state index in [0.717, 1.165) is 11.3 Å². The molecule has 1 aliphatic rings. The van der Waals surface area contributed by atoms with Crippen molar-refractivity contribution in [3.63, 3.8) is 0 Å². The van der Waals surface area contributed by atoms with E-state index in [-0.39, 0.29) is 0 Å². The van der Waals surface area contributed by atoms with Crippen molar-refractivity contribution >= 4 is 19.3 Å². The Morgan fingerprint density at radius 2 is 1.41 bits per heavy atom. The predicted octanol–water partition coefficient (Wildman–Crippen LogP) is 5.10. The molecule has 1 aliphatic heterocycles. The highest BCUT2D eigenvalue weighted by atomic mass is 28.4. The zero-order chi connectivity index (χ0) is 15.6. The molecule has 3 rings (SSSR count). The monoisotopic (exact) mass is 308 g/mol. The summed E-state index contributed by atoms with van der Waals surface area (Å²) in [5, 5.41) is 1.41. The summed E-state index contributed by atoms with van der Waals surface area (Å²) in [5.41, 5.74) is 2.33. The Labute approximate surface area is 134 Å². The van der Waals surface area contributed by atoms with Crippen LogP contribution < -0.4 is 5.19 Å². The van der Waals surface area contributed by atoms with E-state index in [2.05, 4.69) is 62.9 Å². The van der Waals surface area contributed by atoms with Crippen molar-refractivity contribution in [2.24, 2.45) is 0 Å². The van der Waals surface area contributed by atoms with Crippen LogP contribution in [0.15, 0.2) is 67.2 Å². The fourth-order valence-electron chi connectivity index (χ4n) is 3.83. The van der Waals surface area contributed by atoms with E-state index in [1.165, 1.54) is 18.0 Å². The Hall–Kier alpha value is -1.80. The van der Waals surface area contributed by atoms with Crippen molar-refractivity contribution in [3.8, 4) is 0 Å². The molecular weight excluding hydrogens is 284 g/mol. The highest BCUT2D eigenvalue weighted by molar-refractivity contribution is 6.90. The Morgan fingerprint density at radius 3 is 1.95 bits per heavy atom. The van der Waals surface area contributed by atoms with E-state index in [1.54, 1.807) is 0 Å². The summed E-state index contributed by atoms with van der Waals surface area (Å²) in [6, 6.07) is 21.1. The SMILES string of the molecule is C=C(O[Si]1(c2ccccc2)C(C)CCC1C)c1ccccc1. The van der Waals surface area contributed by atoms with Gasteiger partial charge in [-0.2, -0.15) is 0 Å². The second-order valence-corrected chi connectivity index (χ2v) is 10.8. The van der Waals surface area contributed by atoms with Gasteiger partial charge in [-0.1, -0.05) is 81.1 Å². The van der Waals surface area contributed by atoms with Crippen LogP contribution in [-0.4, -0.2) is 8.32 Å². The Morgan fingerprint density at radius 1 is 0.909 bits per heavy atom. The highest BCUT2D eigenvalue weighted by Gasteiger charge is 2.53. The van der Waals surface area contributed by atoms with Crippen LogP contribution in [0.2, 0.25) is 11.1 Å². The summed E-state index contributed by atoms with van der Waals surface area (Å²) in [6.45, 7) is 8.96. The molecule has 2 aromatic carbocycles. The Kier molecular flexibility index (Phi) is 4.21. The zero-order valence-electron chi connectivity index (χ0n) is 13.5. The third-order valence-electron chi connectivity index (χ3n) is 5.11. The van der Waals surface area contributed by atoms with Gasteiger partial charge in [-0.05, 0) is 29.1 Å². The van der Waals surface area contributed by atoms with Gasteiger partial charge in [-0.3, -0.25) is 0 Å². The maximum Gasteiger partial charge on any atom is 0.288 e. The first kappa shape index (κ1) is 15.1. The number of benzene rings is 2. The molecule has 0 radical (unpaired) electrons. The van der Waals surface area contributed by atoms with Gasteiger partial charge in [0.1, 0.15) is 5.76 Å². The first-order chi connectivity index (χ1) is 10.6. The van der Waals surface area contributed by atoms with Gasteiger partial charge in [-0.25, -0.2) is 0 Å². The van der Waals surface area contributed by atoms with Gasteiger partial charge in [0.2, 0.25) is 0 Å². The minimum atomic E-state index is -2.06. The summed E-state index contributed by atoms with van der Waals surface area (Å²) >= 11 is 0. The molecule has 2 atom stereocenters. The average Bonchev–Trinajstić information content (AvgIpc) is 2.85. The van der Waals surface area contributed by atoms with E-state index < -0.39 is 8.32 Å². The van der Waals surface area contributed by atoms with Crippen LogP contribution in [0.25, 0.3) is 5.76 Å². The number of rotatable bonds is 4. The van der Waals surface area contributed by atoms with Gasteiger partial charge in [0.25, 0.3) is 8.32 Å². The Bertz CT molecular complexity index is 625. The second-order valence-electron chi connectivity index (χ2n) is 6.43. The normalized spacial score (nSPS) is 27.5. The van der Waals surface area contributed by atoms with E-state index in [1.807, 2.05) is 18.2 Å². The summed E-state index contributed by atoms with van der Waals surface area (Å²) in [5.74, 6) is 0.830. The maximum atomic E-state index is 6.74. The van der Waals surface area contributed by atoms with Crippen molar-refractivity contribution in [2.45, 2.75) is 37.8 Å². The smallest absolute Gasteiger partial charge is 0.288 e. The van der Waals surface area contributed by atoms with E-state index in [4.69, 9.17) is 4.43 Å². The number of hydrogen-bond acceptors (Lipinski definition) is 1. The highest BCUT2D eigenvalue weighted by Crippen LogP contribution is 2.48. The third-order valence-corrected chi connectivity index (χ3v) is 10.4. The lowest BCUT2D eigenvalue weighted by Gasteiger charge is -2.37. The first-order valence-corrected chi connectivity index (χ1v) is 10.2. The lowest BCUT2D eigenvalue weighted by atomic mass is 10.2. The standard InChI is InChI=1S/C20H24OSi/c1-16-14-15-17(2)22(16,20-12-8-5-9-13-20)21-18(3)19-10-6-4-7-11-19/h4-13,16-17H,3,14-15H2,1-2H3. The molecule has 0 spiro atoms. The van der Waals surface area contributed by atoms with Crippen LogP contribution in [0.5, 0.6) is 0 Å². The molecule has 114 valence electrons. The third kappa shape index (κ3) is 2.52. The molecule has 0 N–H and O–H groups in total. The molecule has 1 saturated heterocycles. The van der Waals surface area contributed by atoms with Gasteiger partial charge in [-0.15, -0.1) is 0 Å². The quantitative estimate of drug-likeness (QED) is 0.564. The van der Waals surface area contributed by atoms with E-state index in [9.17, 15) is 0 Å². The zero-order valence-corrected chi connectivity index (χ0v) is 14.5. The van der Waals surface area contributed by atoms with Crippen molar-refractivity contribution in [1.29, 1.82) is 0 Å². The molecule has 0 aromatic heterocycles. The van der Waals surface area contributed by atoms with Crippen LogP contribution in [0.1, 0.15) is 32.3 Å². The molecule has 1 nitrogen and oxygen atoms in total. The van der Waals surface area contributed by atoms with Crippen LogP contribution in [-0.2, 0) is 4.43 Å². The Balaban J connectivity index is 1.99. The molecule has 0 bridgehead atoms. The minimum Gasteiger partial charge on any atom is -0.538 e. The molecule has 22 heavy (non-hydrogen) atoms. The minimum absolute atomic E-state index is 0.616. The molecule has 0 saturated carbocycles. The van der Waals surface area contributed by atoms with E-state index >= 15 is 0 Å². The molecule has 1 fully saturated rings. The molecule has 0 amide bonds. The van der Waals surface area contributed by atoms with Gasteiger partial charge < -0.3 is 4.43 Å². The van der Waals surface area contributed by atoms with Gasteiger partial charge in [0.15, 0.2) is 0 Å². The van der Waals surface area contributed by atoms with Gasteiger partial charge in [0.05, 0.1) is 0 Å². The lowest BCUT2D eigenvalue weighted by molar-refractivity contribution is 0.491. The largest absolute Gasteiger partial charge is 0.538 e. The van der Waals surface area contributed by atoms with E-state index in [0.29, 0.717) is 11.1 Å². The fraction of sp³-hybridized carbons (Fsp3) is 0.300. The molecule has 0 aliphatic carbocycles. The summed E-state index contributed by atoms with van der Waals surface area (Å²) in [4.78, 5) is 0. The van der Waals surface area contributed by atoms with Crippen LogP contribution >= 0.6 is 0 Å². The van der Waals surface area contributed by atoms with Crippen molar-refractivity contribution in [3.05, 3.63) is 72.8 Å². The number of hydrogen-bond donors (Lipinski definition) is 0. The summed E-state index contributed by atoms with van der Waals surface area (Å²) in [7, 11) is -2.06. The van der Waals surface area contributed by atoms with Crippen LogP contribution in [0.4, 0.5) is 0 Å². The van der Waals surface area contributed by atoms with Gasteiger partial charge in [0, 0.05) is 5.56 Å². The molecule has 1 heterocycles. The first-order valence-electron chi connectivity index (χ1n) is 8.13. The van der Waals surface area contributed by atoms with Crippen LogP contribution in [0.3, 0.4) is 0 Å². The second kappa shape index (κ2) is 6.13. The maximum absolute atomic E-state index is 6.74. The molecule has 2 aromatic rings.